The fraction of sp³-hybridized carbons (Fsp3) is 0.261. The SMILES string of the molecule is CCN(Cc1ccncc1)C(=O)c1ccc(-c2cc(C)c(C)c(C)n2)cc1. The third-order valence-corrected chi connectivity index (χ3v) is 4.99. The van der Waals surface area contributed by atoms with Crippen molar-refractivity contribution in [2.45, 2.75) is 34.2 Å². The summed E-state index contributed by atoms with van der Waals surface area (Å²) in [6.45, 7) is 9.45. The lowest BCUT2D eigenvalue weighted by molar-refractivity contribution is 0.0752. The molecular weight excluding hydrogens is 334 g/mol. The number of carbonyl (C=O) groups excluding carboxylic acids is 1. The Balaban J connectivity index is 1.80. The molecule has 1 aromatic carbocycles. The fourth-order valence-electron chi connectivity index (χ4n) is 3.05. The predicted octanol–water partition coefficient (Wildman–Crippen LogP) is 4.73. The summed E-state index contributed by atoms with van der Waals surface area (Å²) >= 11 is 0. The molecule has 4 heteroatoms. The maximum absolute atomic E-state index is 12.9. The summed E-state index contributed by atoms with van der Waals surface area (Å²) < 4.78 is 0. The van der Waals surface area contributed by atoms with Crippen molar-refractivity contribution >= 4 is 5.91 Å². The first-order valence-electron chi connectivity index (χ1n) is 9.23. The summed E-state index contributed by atoms with van der Waals surface area (Å²) in [5.74, 6) is 0.0325. The summed E-state index contributed by atoms with van der Waals surface area (Å²) in [4.78, 5) is 23.4. The van der Waals surface area contributed by atoms with Crippen LogP contribution in [0.1, 0.15) is 39.7 Å². The van der Waals surface area contributed by atoms with Crippen molar-refractivity contribution in [1.29, 1.82) is 0 Å². The number of nitrogens with zero attached hydrogens (tertiary/aromatic N) is 3. The van der Waals surface area contributed by atoms with Crippen LogP contribution in [0, 0.1) is 20.8 Å². The second-order valence-electron chi connectivity index (χ2n) is 6.79. The van der Waals surface area contributed by atoms with E-state index >= 15 is 0 Å². The van der Waals surface area contributed by atoms with Crippen molar-refractivity contribution in [3.63, 3.8) is 0 Å². The van der Waals surface area contributed by atoms with Crippen molar-refractivity contribution in [2.75, 3.05) is 6.54 Å². The highest BCUT2D eigenvalue weighted by Gasteiger charge is 2.15. The molecule has 0 unspecified atom stereocenters. The molecule has 0 atom stereocenters. The molecule has 138 valence electrons. The molecule has 0 aliphatic rings. The molecule has 0 saturated heterocycles. The Morgan fingerprint density at radius 3 is 2.26 bits per heavy atom. The maximum Gasteiger partial charge on any atom is 0.254 e. The zero-order chi connectivity index (χ0) is 19.4. The molecule has 0 radical (unpaired) electrons. The van der Waals surface area contributed by atoms with Gasteiger partial charge in [-0.15, -0.1) is 0 Å². The number of hydrogen-bond donors (Lipinski definition) is 0. The second kappa shape index (κ2) is 8.12. The quantitative estimate of drug-likeness (QED) is 0.661. The Hall–Kier alpha value is -3.01. The molecular formula is C23H25N3O. The highest BCUT2D eigenvalue weighted by molar-refractivity contribution is 5.94. The first-order valence-corrected chi connectivity index (χ1v) is 9.23. The second-order valence-corrected chi connectivity index (χ2v) is 6.79. The van der Waals surface area contributed by atoms with E-state index in [0.717, 1.165) is 22.5 Å². The molecule has 27 heavy (non-hydrogen) atoms. The van der Waals surface area contributed by atoms with Gasteiger partial charge in [0.25, 0.3) is 5.91 Å². The largest absolute Gasteiger partial charge is 0.335 e. The van der Waals surface area contributed by atoms with E-state index in [-0.39, 0.29) is 5.91 Å². The fourth-order valence-corrected chi connectivity index (χ4v) is 3.05. The van der Waals surface area contributed by atoms with Crippen molar-refractivity contribution in [3.8, 4) is 11.3 Å². The number of carbonyl (C=O) groups is 1. The van der Waals surface area contributed by atoms with E-state index in [9.17, 15) is 4.79 Å². The van der Waals surface area contributed by atoms with Gasteiger partial charge < -0.3 is 4.90 Å². The third-order valence-electron chi connectivity index (χ3n) is 4.99. The van der Waals surface area contributed by atoms with Crippen LogP contribution in [0.3, 0.4) is 0 Å². The maximum atomic E-state index is 12.9. The van der Waals surface area contributed by atoms with Gasteiger partial charge in [-0.1, -0.05) is 12.1 Å². The predicted molar refractivity (Wildman–Crippen MR) is 109 cm³/mol. The van der Waals surface area contributed by atoms with Crippen LogP contribution in [-0.4, -0.2) is 27.3 Å². The molecule has 2 heterocycles. The van der Waals surface area contributed by atoms with E-state index in [1.165, 1.54) is 11.1 Å². The van der Waals surface area contributed by atoms with Crippen LogP contribution in [0.15, 0.2) is 54.9 Å². The minimum Gasteiger partial charge on any atom is -0.335 e. The van der Waals surface area contributed by atoms with E-state index < -0.39 is 0 Å². The van der Waals surface area contributed by atoms with Crippen molar-refractivity contribution < 1.29 is 4.79 Å². The topological polar surface area (TPSA) is 46.1 Å². The van der Waals surface area contributed by atoms with E-state index in [2.05, 4.69) is 29.9 Å². The van der Waals surface area contributed by atoms with Crippen molar-refractivity contribution in [3.05, 3.63) is 82.8 Å². The number of aromatic nitrogens is 2. The number of aryl methyl sites for hydroxylation is 2. The van der Waals surface area contributed by atoms with Crippen LogP contribution in [0.5, 0.6) is 0 Å². The summed E-state index contributed by atoms with van der Waals surface area (Å²) in [6.07, 6.45) is 3.50. The van der Waals surface area contributed by atoms with E-state index in [4.69, 9.17) is 0 Å². The normalized spacial score (nSPS) is 10.7. The van der Waals surface area contributed by atoms with Crippen LogP contribution in [-0.2, 0) is 6.54 Å². The van der Waals surface area contributed by atoms with Crippen molar-refractivity contribution in [1.82, 2.24) is 14.9 Å². The molecule has 0 saturated carbocycles. The zero-order valence-electron chi connectivity index (χ0n) is 16.4. The van der Waals surface area contributed by atoms with Gasteiger partial charge in [0.1, 0.15) is 0 Å². The number of benzene rings is 1. The Bertz CT molecular complexity index is 911. The number of amides is 1. The van der Waals surface area contributed by atoms with Crippen LogP contribution < -0.4 is 0 Å². The number of pyridine rings is 2. The molecule has 0 spiro atoms. The van der Waals surface area contributed by atoms with E-state index in [1.807, 2.05) is 55.1 Å². The Morgan fingerprint density at radius 2 is 1.67 bits per heavy atom. The van der Waals surface area contributed by atoms with Gasteiger partial charge in [-0.05, 0) is 74.7 Å². The third kappa shape index (κ3) is 4.22. The number of rotatable bonds is 5. The van der Waals surface area contributed by atoms with Gasteiger partial charge in [0.05, 0.1) is 5.69 Å². The van der Waals surface area contributed by atoms with Gasteiger partial charge >= 0.3 is 0 Å². The van der Waals surface area contributed by atoms with E-state index in [1.54, 1.807) is 12.4 Å². The zero-order valence-corrected chi connectivity index (χ0v) is 16.4. The summed E-state index contributed by atoms with van der Waals surface area (Å²) in [5, 5.41) is 0. The molecule has 3 rings (SSSR count). The van der Waals surface area contributed by atoms with Crippen molar-refractivity contribution in [2.24, 2.45) is 0 Å². The molecule has 0 N–H and O–H groups in total. The van der Waals surface area contributed by atoms with Gasteiger partial charge in [0.15, 0.2) is 0 Å². The highest BCUT2D eigenvalue weighted by Crippen LogP contribution is 2.22. The highest BCUT2D eigenvalue weighted by atomic mass is 16.2. The van der Waals surface area contributed by atoms with Gasteiger partial charge in [-0.25, -0.2) is 0 Å². The summed E-state index contributed by atoms with van der Waals surface area (Å²) in [5.41, 5.74) is 7.22. The average Bonchev–Trinajstić information content (AvgIpc) is 2.70. The van der Waals surface area contributed by atoms with Gasteiger partial charge in [0.2, 0.25) is 0 Å². The molecule has 0 aliphatic carbocycles. The Kier molecular flexibility index (Phi) is 5.65. The van der Waals surface area contributed by atoms with E-state index in [0.29, 0.717) is 18.7 Å². The molecule has 3 aromatic rings. The first kappa shape index (κ1) is 18.8. The molecule has 0 bridgehead atoms. The molecule has 0 aliphatic heterocycles. The molecule has 2 aromatic heterocycles. The molecule has 4 nitrogen and oxygen atoms in total. The van der Waals surface area contributed by atoms with Crippen LogP contribution in [0.25, 0.3) is 11.3 Å². The molecule has 0 fully saturated rings. The van der Waals surface area contributed by atoms with Gasteiger partial charge in [-0.3, -0.25) is 14.8 Å². The lowest BCUT2D eigenvalue weighted by Gasteiger charge is -2.21. The Morgan fingerprint density at radius 1 is 1.00 bits per heavy atom. The number of hydrogen-bond acceptors (Lipinski definition) is 3. The van der Waals surface area contributed by atoms with Gasteiger partial charge in [0, 0.05) is 42.3 Å². The Labute approximate surface area is 160 Å². The van der Waals surface area contributed by atoms with Crippen LogP contribution in [0.2, 0.25) is 0 Å². The smallest absolute Gasteiger partial charge is 0.254 e. The molecule has 1 amide bonds. The lowest BCUT2D eigenvalue weighted by atomic mass is 10.0. The first-order chi connectivity index (χ1) is 13.0. The monoisotopic (exact) mass is 359 g/mol. The minimum atomic E-state index is 0.0325. The minimum absolute atomic E-state index is 0.0325. The van der Waals surface area contributed by atoms with Crippen LogP contribution in [0.4, 0.5) is 0 Å². The van der Waals surface area contributed by atoms with Crippen LogP contribution >= 0.6 is 0 Å². The standard InChI is InChI=1S/C23H25N3O/c1-5-26(15-19-10-12-24-13-11-19)23(27)21-8-6-20(7-9-21)22-14-16(2)17(3)18(4)25-22/h6-14H,5,15H2,1-4H3. The van der Waals surface area contributed by atoms with Gasteiger partial charge in [-0.2, -0.15) is 0 Å². The summed E-state index contributed by atoms with van der Waals surface area (Å²) in [7, 11) is 0. The lowest BCUT2D eigenvalue weighted by Crippen LogP contribution is -2.30. The average molecular weight is 359 g/mol. The summed E-state index contributed by atoms with van der Waals surface area (Å²) in [6, 6.07) is 13.7.